The van der Waals surface area contributed by atoms with E-state index in [2.05, 4.69) is 22.3 Å². The second kappa shape index (κ2) is 7.38. The highest BCUT2D eigenvalue weighted by atomic mass is 16.5. The van der Waals surface area contributed by atoms with Crippen molar-refractivity contribution in [3.05, 3.63) is 36.1 Å². The number of nitrogens with zero attached hydrogens (tertiary/aromatic N) is 2. The van der Waals surface area contributed by atoms with Gasteiger partial charge in [-0.1, -0.05) is 24.2 Å². The summed E-state index contributed by atoms with van der Waals surface area (Å²) >= 11 is 0. The molecule has 1 aromatic heterocycles. The van der Waals surface area contributed by atoms with Crippen molar-refractivity contribution >= 4 is 17.4 Å². The lowest BCUT2D eigenvalue weighted by Crippen LogP contribution is -2.34. The Morgan fingerprint density at radius 3 is 3.04 bits per heavy atom. The third-order valence-corrected chi connectivity index (χ3v) is 4.12. The van der Waals surface area contributed by atoms with Gasteiger partial charge in [-0.05, 0) is 37.8 Å². The van der Waals surface area contributed by atoms with Crippen LogP contribution in [0.25, 0.3) is 0 Å². The largest absolute Gasteiger partial charge is 0.482 e. The average molecular weight is 329 g/mol. The average Bonchev–Trinajstić information content (AvgIpc) is 2.98. The maximum Gasteiger partial charge on any atom is 0.263 e. The molecule has 0 radical (unpaired) electrons. The van der Waals surface area contributed by atoms with Gasteiger partial charge in [0.2, 0.25) is 0 Å². The number of carbonyl (C=O) groups is 1. The van der Waals surface area contributed by atoms with E-state index >= 15 is 0 Å². The number of hydrogen-bond acceptors (Lipinski definition) is 5. The molecule has 1 atom stereocenters. The molecular formula is C18H23N3O3. The summed E-state index contributed by atoms with van der Waals surface area (Å²) < 4.78 is 10.7. The van der Waals surface area contributed by atoms with Gasteiger partial charge in [0.1, 0.15) is 11.5 Å². The lowest BCUT2D eigenvalue weighted by Gasteiger charge is -2.33. The van der Waals surface area contributed by atoms with Gasteiger partial charge in [0.25, 0.3) is 5.91 Å². The number of carbonyl (C=O) groups excluding carboxylic acids is 1. The van der Waals surface area contributed by atoms with Gasteiger partial charge < -0.3 is 19.5 Å². The molecule has 128 valence electrons. The molecule has 24 heavy (non-hydrogen) atoms. The van der Waals surface area contributed by atoms with Crippen molar-refractivity contribution in [1.29, 1.82) is 0 Å². The van der Waals surface area contributed by atoms with Crippen LogP contribution in [0.4, 0.5) is 11.5 Å². The van der Waals surface area contributed by atoms with Crippen LogP contribution in [0.1, 0.15) is 25.5 Å². The molecule has 6 nitrogen and oxygen atoms in total. The van der Waals surface area contributed by atoms with E-state index in [-0.39, 0.29) is 12.5 Å². The topological polar surface area (TPSA) is 67.6 Å². The minimum atomic E-state index is -0.259. The lowest BCUT2D eigenvalue weighted by molar-refractivity contribution is -0.118. The Morgan fingerprint density at radius 2 is 2.29 bits per heavy atom. The molecule has 0 saturated carbocycles. The van der Waals surface area contributed by atoms with Crippen molar-refractivity contribution in [2.24, 2.45) is 5.92 Å². The molecule has 1 N–H and O–H groups in total. The summed E-state index contributed by atoms with van der Waals surface area (Å²) in [5.74, 6) is 2.20. The highest BCUT2D eigenvalue weighted by molar-refractivity contribution is 5.91. The maximum absolute atomic E-state index is 12.0. The number of hydrogen-bond donors (Lipinski definition) is 1. The van der Waals surface area contributed by atoms with Gasteiger partial charge in [-0.2, -0.15) is 0 Å². The molecule has 1 saturated heterocycles. The van der Waals surface area contributed by atoms with Crippen molar-refractivity contribution in [1.82, 2.24) is 5.16 Å². The molecule has 3 rings (SSSR count). The monoisotopic (exact) mass is 329 g/mol. The van der Waals surface area contributed by atoms with Gasteiger partial charge in [0.05, 0.1) is 5.69 Å². The molecule has 0 spiro atoms. The number of nitrogens with one attached hydrogen (secondary N) is 1. The van der Waals surface area contributed by atoms with E-state index in [4.69, 9.17) is 9.26 Å². The van der Waals surface area contributed by atoms with Crippen molar-refractivity contribution in [2.45, 2.75) is 26.7 Å². The molecule has 6 heteroatoms. The van der Waals surface area contributed by atoms with Gasteiger partial charge >= 0.3 is 0 Å². The van der Waals surface area contributed by atoms with Gasteiger partial charge in [-0.3, -0.25) is 4.79 Å². The minimum Gasteiger partial charge on any atom is -0.482 e. The second-order valence-electron chi connectivity index (χ2n) is 6.32. The highest BCUT2D eigenvalue weighted by Gasteiger charge is 2.19. The zero-order chi connectivity index (χ0) is 16.9. The smallest absolute Gasteiger partial charge is 0.263 e. The number of benzene rings is 1. The summed E-state index contributed by atoms with van der Waals surface area (Å²) in [6.07, 6.45) is 2.44. The first kappa shape index (κ1) is 16.4. The first-order chi connectivity index (χ1) is 11.6. The number of aryl methyl sites for hydroxylation is 1. The van der Waals surface area contributed by atoms with E-state index in [0.717, 1.165) is 24.5 Å². The molecule has 1 fully saturated rings. The third-order valence-electron chi connectivity index (χ3n) is 4.12. The van der Waals surface area contributed by atoms with Gasteiger partial charge in [0.15, 0.2) is 12.4 Å². The predicted octanol–water partition coefficient (Wildman–Crippen LogP) is 3.24. The van der Waals surface area contributed by atoms with Crippen molar-refractivity contribution in [3.8, 4) is 5.75 Å². The summed E-state index contributed by atoms with van der Waals surface area (Å²) in [5, 5.41) is 6.40. The van der Waals surface area contributed by atoms with E-state index in [0.29, 0.717) is 17.5 Å². The molecular weight excluding hydrogens is 306 g/mol. The van der Waals surface area contributed by atoms with Crippen LogP contribution in [0.2, 0.25) is 0 Å². The van der Waals surface area contributed by atoms with E-state index < -0.39 is 0 Å². The summed E-state index contributed by atoms with van der Waals surface area (Å²) in [5.41, 5.74) is 1.05. The van der Waals surface area contributed by atoms with Crippen LogP contribution < -0.4 is 15.0 Å². The van der Waals surface area contributed by atoms with Crippen molar-refractivity contribution in [3.63, 3.8) is 0 Å². The molecule has 2 heterocycles. The summed E-state index contributed by atoms with van der Waals surface area (Å²) in [7, 11) is 0. The first-order valence-electron chi connectivity index (χ1n) is 8.32. The fourth-order valence-electron chi connectivity index (χ4n) is 3.00. The zero-order valence-corrected chi connectivity index (χ0v) is 14.1. The Bertz CT molecular complexity index is 698. The SMILES string of the molecule is Cc1cc(NC(=O)COc2ccccc2N2CCC[C@H](C)C2)no1. The predicted molar refractivity (Wildman–Crippen MR) is 92.4 cm³/mol. The lowest BCUT2D eigenvalue weighted by atomic mass is 9.99. The van der Waals surface area contributed by atoms with Crippen LogP contribution in [0.5, 0.6) is 5.75 Å². The third kappa shape index (κ3) is 4.07. The molecule has 2 aromatic rings. The molecule has 0 bridgehead atoms. The van der Waals surface area contributed by atoms with E-state index in [9.17, 15) is 4.79 Å². The Balaban J connectivity index is 1.61. The standard InChI is InChI=1S/C18H23N3O3/c1-13-6-5-9-21(11-13)15-7-3-4-8-16(15)23-12-18(22)19-17-10-14(2)24-20-17/h3-4,7-8,10,13H,5-6,9,11-12H2,1-2H3,(H,19,20,22)/t13-/m0/s1. The fraction of sp³-hybridized carbons (Fsp3) is 0.444. The minimum absolute atomic E-state index is 0.0632. The van der Waals surface area contributed by atoms with Gasteiger partial charge in [0, 0.05) is 19.2 Å². The summed E-state index contributed by atoms with van der Waals surface area (Å²) in [6.45, 7) is 6.02. The zero-order valence-electron chi connectivity index (χ0n) is 14.1. The molecule has 1 amide bonds. The number of amides is 1. The molecule has 0 aliphatic carbocycles. The number of piperidine rings is 1. The molecule has 0 unspecified atom stereocenters. The van der Waals surface area contributed by atoms with Crippen LogP contribution in [0.3, 0.4) is 0 Å². The van der Waals surface area contributed by atoms with Crippen LogP contribution in [0, 0.1) is 12.8 Å². The van der Waals surface area contributed by atoms with E-state index in [1.54, 1.807) is 13.0 Å². The van der Waals surface area contributed by atoms with Crippen LogP contribution in [-0.4, -0.2) is 30.8 Å². The quantitative estimate of drug-likeness (QED) is 0.912. The number of rotatable bonds is 5. The molecule has 1 aliphatic heterocycles. The number of anilines is 2. The van der Waals surface area contributed by atoms with Crippen molar-refractivity contribution in [2.75, 3.05) is 29.9 Å². The van der Waals surface area contributed by atoms with E-state index in [1.807, 2.05) is 24.3 Å². The fourth-order valence-corrected chi connectivity index (χ4v) is 3.00. The van der Waals surface area contributed by atoms with Crippen molar-refractivity contribution < 1.29 is 14.1 Å². The molecule has 1 aliphatic rings. The van der Waals surface area contributed by atoms with Gasteiger partial charge in [-0.25, -0.2) is 0 Å². The normalized spacial score (nSPS) is 17.6. The van der Waals surface area contributed by atoms with Crippen LogP contribution in [-0.2, 0) is 4.79 Å². The molecule has 1 aromatic carbocycles. The van der Waals surface area contributed by atoms with E-state index in [1.165, 1.54) is 12.8 Å². The second-order valence-corrected chi connectivity index (χ2v) is 6.32. The first-order valence-corrected chi connectivity index (χ1v) is 8.32. The summed E-state index contributed by atoms with van der Waals surface area (Å²) in [4.78, 5) is 14.3. The summed E-state index contributed by atoms with van der Waals surface area (Å²) in [6, 6.07) is 9.54. The van der Waals surface area contributed by atoms with Crippen LogP contribution >= 0.6 is 0 Å². The maximum atomic E-state index is 12.0. The Kier molecular flexibility index (Phi) is 5.03. The Morgan fingerprint density at radius 1 is 1.46 bits per heavy atom. The highest BCUT2D eigenvalue weighted by Crippen LogP contribution is 2.31. The Labute approximate surface area is 141 Å². The number of aromatic nitrogens is 1. The van der Waals surface area contributed by atoms with Crippen LogP contribution in [0.15, 0.2) is 34.9 Å². The number of para-hydroxylation sites is 2. The Hall–Kier alpha value is -2.50. The number of ether oxygens (including phenoxy) is 1. The van der Waals surface area contributed by atoms with Gasteiger partial charge in [-0.15, -0.1) is 0 Å².